The summed E-state index contributed by atoms with van der Waals surface area (Å²) >= 11 is 0. The summed E-state index contributed by atoms with van der Waals surface area (Å²) < 4.78 is 0. The second-order valence-corrected chi connectivity index (χ2v) is 12.7. The number of Topliss-reactive ketones (excluding diaryl/α,β-unsaturated/α-hetero) is 5. The zero-order valence-electron chi connectivity index (χ0n) is 29.3. The average Bonchev–Trinajstić information content (AvgIpc) is 2.96. The van der Waals surface area contributed by atoms with E-state index in [9.17, 15) is 43.2 Å². The summed E-state index contributed by atoms with van der Waals surface area (Å²) in [5, 5.41) is 10.6. The van der Waals surface area contributed by atoms with E-state index in [4.69, 9.17) is 0 Å². The van der Waals surface area contributed by atoms with E-state index in [0.29, 0.717) is 6.42 Å². The molecule has 0 aliphatic rings. The van der Waals surface area contributed by atoms with Crippen molar-refractivity contribution in [3.05, 3.63) is 0 Å². The summed E-state index contributed by atoms with van der Waals surface area (Å²) in [6.07, 6.45) is 3.45. The van der Waals surface area contributed by atoms with Crippen molar-refractivity contribution in [3.8, 4) is 0 Å². The predicted octanol–water partition coefficient (Wildman–Crippen LogP) is 2.60. The van der Waals surface area contributed by atoms with Gasteiger partial charge in [-0.1, -0.05) is 33.1 Å². The maximum absolute atomic E-state index is 13.6. The SMILES string of the molecule is CCCCCC(CC(C)=O)NC(=O)C(CCC(C)=O)NC(=O)C(CCC(C)=O)NC(=O)C(CCC(C)=O)NC(=O)C(C)CCC(C)=O. The molecule has 266 valence electrons. The number of hydrogen-bond donors (Lipinski definition) is 4. The Morgan fingerprint density at radius 2 is 0.809 bits per heavy atom. The number of unbranched alkanes of at least 4 members (excludes halogenated alkanes) is 2. The first-order chi connectivity index (χ1) is 22.0. The van der Waals surface area contributed by atoms with Crippen molar-refractivity contribution in [2.45, 2.75) is 156 Å². The van der Waals surface area contributed by atoms with Crippen LogP contribution in [0.5, 0.6) is 0 Å². The van der Waals surface area contributed by atoms with Gasteiger partial charge >= 0.3 is 0 Å². The molecular formula is C34H56N4O9. The Morgan fingerprint density at radius 1 is 0.447 bits per heavy atom. The molecule has 0 radical (unpaired) electrons. The Balaban J connectivity index is 6.06. The molecule has 0 aromatic carbocycles. The standard InChI is InChI=1S/C34H56N4O9/c1-8-9-10-11-27(20-26(7)43)35-32(45)28(17-14-23(4)40)37-34(47)30(19-16-25(6)42)38-33(46)29(18-15-24(5)41)36-31(44)21(2)12-13-22(3)39/h21,27-30H,8-20H2,1-7H3,(H,35,45)(H,36,44)(H,37,47)(H,38,46). The minimum absolute atomic E-state index is 0.0169. The van der Waals surface area contributed by atoms with Gasteiger partial charge in [0.2, 0.25) is 23.6 Å². The van der Waals surface area contributed by atoms with Crippen molar-refractivity contribution < 1.29 is 43.2 Å². The molecule has 0 spiro atoms. The fourth-order valence-electron chi connectivity index (χ4n) is 4.77. The molecule has 4 N–H and O–H groups in total. The second kappa shape index (κ2) is 23.5. The Labute approximate surface area is 278 Å². The van der Waals surface area contributed by atoms with Crippen LogP contribution in [0.4, 0.5) is 0 Å². The van der Waals surface area contributed by atoms with Crippen LogP contribution in [0.2, 0.25) is 0 Å². The molecule has 0 fully saturated rings. The third kappa shape index (κ3) is 20.9. The smallest absolute Gasteiger partial charge is 0.243 e. The van der Waals surface area contributed by atoms with Crippen molar-refractivity contribution in [2.24, 2.45) is 5.92 Å². The van der Waals surface area contributed by atoms with E-state index in [1.807, 2.05) is 6.92 Å². The Bertz CT molecular complexity index is 1120. The molecule has 0 heterocycles. The van der Waals surface area contributed by atoms with Crippen molar-refractivity contribution in [1.82, 2.24) is 21.3 Å². The normalized spacial score (nSPS) is 14.0. The molecule has 0 saturated carbocycles. The third-order valence-corrected chi connectivity index (χ3v) is 7.67. The van der Waals surface area contributed by atoms with E-state index in [0.717, 1.165) is 19.3 Å². The van der Waals surface area contributed by atoms with Crippen LogP contribution in [0.1, 0.15) is 132 Å². The van der Waals surface area contributed by atoms with Gasteiger partial charge in [0.05, 0.1) is 0 Å². The molecule has 13 heteroatoms. The summed E-state index contributed by atoms with van der Waals surface area (Å²) in [6, 6.07) is -4.10. The minimum atomic E-state index is -1.29. The molecule has 0 aliphatic carbocycles. The summed E-state index contributed by atoms with van der Waals surface area (Å²) in [5.74, 6) is -4.08. The van der Waals surface area contributed by atoms with Crippen LogP contribution in [0, 0.1) is 5.92 Å². The van der Waals surface area contributed by atoms with Gasteiger partial charge in [-0.3, -0.25) is 24.0 Å². The summed E-state index contributed by atoms with van der Waals surface area (Å²) in [4.78, 5) is 112. The summed E-state index contributed by atoms with van der Waals surface area (Å²) in [7, 11) is 0. The lowest BCUT2D eigenvalue weighted by Crippen LogP contribution is -2.57. The van der Waals surface area contributed by atoms with Crippen LogP contribution in [0.15, 0.2) is 0 Å². The number of carbonyl (C=O) groups is 9. The lowest BCUT2D eigenvalue weighted by Gasteiger charge is -2.27. The topological polar surface area (TPSA) is 202 Å². The van der Waals surface area contributed by atoms with Gasteiger partial charge in [-0.2, -0.15) is 0 Å². The first-order valence-corrected chi connectivity index (χ1v) is 16.6. The van der Waals surface area contributed by atoms with Gasteiger partial charge in [0.25, 0.3) is 0 Å². The first-order valence-electron chi connectivity index (χ1n) is 16.6. The van der Waals surface area contributed by atoms with E-state index >= 15 is 0 Å². The highest BCUT2D eigenvalue weighted by Gasteiger charge is 2.31. The van der Waals surface area contributed by atoms with Crippen molar-refractivity contribution >= 4 is 52.5 Å². The predicted molar refractivity (Wildman–Crippen MR) is 176 cm³/mol. The second-order valence-electron chi connectivity index (χ2n) is 12.7. The third-order valence-electron chi connectivity index (χ3n) is 7.67. The maximum atomic E-state index is 13.6. The molecule has 0 aromatic heterocycles. The molecule has 4 amide bonds. The van der Waals surface area contributed by atoms with Gasteiger partial charge < -0.3 is 40.4 Å². The Morgan fingerprint density at radius 3 is 1.17 bits per heavy atom. The Kier molecular flexibility index (Phi) is 21.6. The Hall–Kier alpha value is -3.77. The van der Waals surface area contributed by atoms with Crippen molar-refractivity contribution in [2.75, 3.05) is 0 Å². The average molecular weight is 665 g/mol. The van der Waals surface area contributed by atoms with Crippen LogP contribution >= 0.6 is 0 Å². The molecule has 0 aliphatic heterocycles. The minimum Gasteiger partial charge on any atom is -0.351 e. The van der Waals surface area contributed by atoms with Crippen LogP contribution in [-0.2, 0) is 43.2 Å². The lowest BCUT2D eigenvalue weighted by molar-refractivity contribution is -0.135. The van der Waals surface area contributed by atoms with Crippen LogP contribution in [0.3, 0.4) is 0 Å². The van der Waals surface area contributed by atoms with E-state index in [-0.39, 0.29) is 86.7 Å². The maximum Gasteiger partial charge on any atom is 0.243 e. The van der Waals surface area contributed by atoms with Gasteiger partial charge in [0.1, 0.15) is 47.0 Å². The largest absolute Gasteiger partial charge is 0.351 e. The highest BCUT2D eigenvalue weighted by molar-refractivity contribution is 5.95. The van der Waals surface area contributed by atoms with E-state index in [1.54, 1.807) is 6.92 Å². The van der Waals surface area contributed by atoms with E-state index in [1.165, 1.54) is 34.6 Å². The molecule has 47 heavy (non-hydrogen) atoms. The number of ketones is 5. The highest BCUT2D eigenvalue weighted by Crippen LogP contribution is 2.12. The number of nitrogens with one attached hydrogen (secondary N) is 4. The molecule has 0 rings (SSSR count). The van der Waals surface area contributed by atoms with Crippen LogP contribution in [-0.4, -0.2) is 76.7 Å². The fourth-order valence-corrected chi connectivity index (χ4v) is 4.77. The van der Waals surface area contributed by atoms with Crippen molar-refractivity contribution in [1.29, 1.82) is 0 Å². The molecule has 0 saturated heterocycles. The highest BCUT2D eigenvalue weighted by atomic mass is 16.2. The molecule has 0 aromatic rings. The van der Waals surface area contributed by atoms with Gasteiger partial charge in [0.15, 0.2) is 0 Å². The van der Waals surface area contributed by atoms with Crippen LogP contribution < -0.4 is 21.3 Å². The van der Waals surface area contributed by atoms with E-state index < -0.39 is 53.7 Å². The van der Waals surface area contributed by atoms with E-state index in [2.05, 4.69) is 21.3 Å². The summed E-state index contributed by atoms with van der Waals surface area (Å²) in [6.45, 7) is 10.5. The molecule has 0 bridgehead atoms. The molecule has 5 unspecified atom stereocenters. The first kappa shape index (κ1) is 43.2. The van der Waals surface area contributed by atoms with Gasteiger partial charge in [-0.05, 0) is 66.7 Å². The summed E-state index contributed by atoms with van der Waals surface area (Å²) in [5.41, 5.74) is 0. The quantitative estimate of drug-likeness (QED) is 0.100. The van der Waals surface area contributed by atoms with Crippen LogP contribution in [0.25, 0.3) is 0 Å². The zero-order chi connectivity index (χ0) is 36.1. The van der Waals surface area contributed by atoms with Crippen molar-refractivity contribution in [3.63, 3.8) is 0 Å². The number of carbonyl (C=O) groups excluding carboxylic acids is 9. The molecular weight excluding hydrogens is 608 g/mol. The van der Waals surface area contributed by atoms with Gasteiger partial charge in [-0.15, -0.1) is 0 Å². The number of hydrogen-bond acceptors (Lipinski definition) is 9. The number of amides is 4. The number of rotatable bonds is 26. The molecule has 13 nitrogen and oxygen atoms in total. The zero-order valence-corrected chi connectivity index (χ0v) is 29.3. The van der Waals surface area contributed by atoms with Gasteiger partial charge in [0, 0.05) is 44.1 Å². The molecule has 5 atom stereocenters. The van der Waals surface area contributed by atoms with Gasteiger partial charge in [-0.25, -0.2) is 0 Å². The fraction of sp³-hybridized carbons (Fsp3) is 0.735. The monoisotopic (exact) mass is 664 g/mol. The lowest BCUT2D eigenvalue weighted by atomic mass is 10.0.